The lowest BCUT2D eigenvalue weighted by molar-refractivity contribution is -0.658. The SMILES string of the molecule is Cc1ccccc1-c1n2ccccc2c[n+]1C. The van der Waals surface area contributed by atoms with Gasteiger partial charge in [0.25, 0.3) is 5.82 Å². The first-order valence-electron chi connectivity index (χ1n) is 5.79. The zero-order valence-corrected chi connectivity index (χ0v) is 10.1. The Morgan fingerprint density at radius 1 is 1.00 bits per heavy atom. The van der Waals surface area contributed by atoms with E-state index in [0.29, 0.717) is 0 Å². The first-order valence-corrected chi connectivity index (χ1v) is 5.79. The molecule has 3 rings (SSSR count). The molecule has 0 fully saturated rings. The molecule has 2 heterocycles. The van der Waals surface area contributed by atoms with Gasteiger partial charge in [-0.25, -0.2) is 4.57 Å². The Kier molecular flexibility index (Phi) is 2.22. The predicted octanol–water partition coefficient (Wildman–Crippen LogP) is 2.74. The van der Waals surface area contributed by atoms with Gasteiger partial charge in [-0.05, 0) is 30.7 Å². The zero-order chi connectivity index (χ0) is 11.8. The number of aromatic nitrogens is 2. The Morgan fingerprint density at radius 2 is 1.76 bits per heavy atom. The molecule has 0 saturated heterocycles. The molecule has 0 aliphatic rings. The number of hydrogen-bond donors (Lipinski definition) is 0. The number of hydrogen-bond acceptors (Lipinski definition) is 0. The average Bonchev–Trinajstić information content (AvgIpc) is 2.66. The Bertz CT molecular complexity index is 680. The van der Waals surface area contributed by atoms with Crippen LogP contribution in [0.3, 0.4) is 0 Å². The molecular weight excluding hydrogens is 208 g/mol. The van der Waals surface area contributed by atoms with Gasteiger partial charge in [0.2, 0.25) is 0 Å². The van der Waals surface area contributed by atoms with Crippen LogP contribution in [0.25, 0.3) is 16.9 Å². The van der Waals surface area contributed by atoms with Gasteiger partial charge in [0.15, 0.2) is 5.52 Å². The largest absolute Gasteiger partial charge is 0.294 e. The normalized spacial score (nSPS) is 10.9. The van der Waals surface area contributed by atoms with E-state index in [9.17, 15) is 0 Å². The van der Waals surface area contributed by atoms with Crippen molar-refractivity contribution in [3.05, 3.63) is 60.4 Å². The van der Waals surface area contributed by atoms with E-state index in [-0.39, 0.29) is 0 Å². The van der Waals surface area contributed by atoms with Gasteiger partial charge in [-0.3, -0.25) is 0 Å². The number of imidazole rings is 1. The van der Waals surface area contributed by atoms with E-state index in [4.69, 9.17) is 0 Å². The molecule has 0 bridgehead atoms. The summed E-state index contributed by atoms with van der Waals surface area (Å²) in [4.78, 5) is 0. The fourth-order valence-corrected chi connectivity index (χ4v) is 2.33. The average molecular weight is 223 g/mol. The molecule has 0 aliphatic heterocycles. The van der Waals surface area contributed by atoms with Crippen LogP contribution in [0.2, 0.25) is 0 Å². The predicted molar refractivity (Wildman–Crippen MR) is 68.7 cm³/mol. The number of benzene rings is 1. The molecule has 2 aromatic heterocycles. The standard InChI is InChI=1S/C15H15N2/c1-12-7-3-4-9-14(12)15-16(2)11-13-8-5-6-10-17(13)15/h3-11H,1-2H3/q+1. The van der Waals surface area contributed by atoms with E-state index in [1.165, 1.54) is 22.5 Å². The maximum Gasteiger partial charge on any atom is 0.294 e. The van der Waals surface area contributed by atoms with E-state index in [1.807, 2.05) is 0 Å². The Hall–Kier alpha value is -2.09. The highest BCUT2D eigenvalue weighted by atomic mass is 15.1. The third-order valence-corrected chi connectivity index (χ3v) is 3.17. The molecule has 0 spiro atoms. The molecule has 2 heteroatoms. The van der Waals surface area contributed by atoms with Gasteiger partial charge in [-0.1, -0.05) is 24.3 Å². The summed E-state index contributed by atoms with van der Waals surface area (Å²) < 4.78 is 4.40. The number of pyridine rings is 1. The van der Waals surface area contributed by atoms with Gasteiger partial charge < -0.3 is 0 Å². The van der Waals surface area contributed by atoms with Gasteiger partial charge in [0.1, 0.15) is 6.20 Å². The minimum Gasteiger partial charge on any atom is -0.232 e. The molecule has 0 radical (unpaired) electrons. The van der Waals surface area contributed by atoms with E-state index >= 15 is 0 Å². The molecule has 3 aromatic rings. The molecule has 0 N–H and O–H groups in total. The topological polar surface area (TPSA) is 8.29 Å². The van der Waals surface area contributed by atoms with E-state index in [0.717, 1.165) is 0 Å². The number of rotatable bonds is 1. The Morgan fingerprint density at radius 3 is 2.59 bits per heavy atom. The van der Waals surface area contributed by atoms with E-state index in [1.54, 1.807) is 0 Å². The van der Waals surface area contributed by atoms with Crippen molar-refractivity contribution in [2.75, 3.05) is 0 Å². The van der Waals surface area contributed by atoms with Crippen molar-refractivity contribution < 1.29 is 4.57 Å². The lowest BCUT2D eigenvalue weighted by atomic mass is 10.1. The second-order valence-electron chi connectivity index (χ2n) is 4.37. The van der Waals surface area contributed by atoms with Crippen LogP contribution in [-0.2, 0) is 7.05 Å². The van der Waals surface area contributed by atoms with Crippen molar-refractivity contribution in [2.24, 2.45) is 7.05 Å². The van der Waals surface area contributed by atoms with Crippen LogP contribution < -0.4 is 4.57 Å². The monoisotopic (exact) mass is 223 g/mol. The van der Waals surface area contributed by atoms with Crippen molar-refractivity contribution in [1.82, 2.24) is 4.40 Å². The first-order chi connectivity index (χ1) is 8.27. The minimum atomic E-state index is 1.22. The maximum atomic E-state index is 2.22. The van der Waals surface area contributed by atoms with Gasteiger partial charge in [0.05, 0.1) is 18.8 Å². The summed E-state index contributed by atoms with van der Waals surface area (Å²) in [6, 6.07) is 14.7. The van der Waals surface area contributed by atoms with Crippen LogP contribution in [0.5, 0.6) is 0 Å². The summed E-state index contributed by atoms with van der Waals surface area (Å²) in [5.74, 6) is 1.22. The highest BCUT2D eigenvalue weighted by Gasteiger charge is 2.18. The molecule has 0 aliphatic carbocycles. The fraction of sp³-hybridized carbons (Fsp3) is 0.133. The summed E-state index contributed by atoms with van der Waals surface area (Å²) in [7, 11) is 2.09. The summed E-state index contributed by atoms with van der Waals surface area (Å²) in [6.07, 6.45) is 4.26. The lowest BCUT2D eigenvalue weighted by Gasteiger charge is -2.01. The zero-order valence-electron chi connectivity index (χ0n) is 10.1. The van der Waals surface area contributed by atoms with Gasteiger partial charge in [0, 0.05) is 0 Å². The quantitative estimate of drug-likeness (QED) is 0.561. The number of fused-ring (bicyclic) bond motifs is 1. The highest BCUT2D eigenvalue weighted by molar-refractivity contribution is 5.62. The molecule has 0 atom stereocenters. The third-order valence-electron chi connectivity index (χ3n) is 3.17. The van der Waals surface area contributed by atoms with Crippen molar-refractivity contribution in [1.29, 1.82) is 0 Å². The van der Waals surface area contributed by atoms with Gasteiger partial charge >= 0.3 is 0 Å². The molecule has 0 saturated carbocycles. The molecule has 84 valence electrons. The number of aryl methyl sites for hydroxylation is 2. The van der Waals surface area contributed by atoms with Crippen molar-refractivity contribution >= 4 is 5.52 Å². The fourth-order valence-electron chi connectivity index (χ4n) is 2.33. The highest BCUT2D eigenvalue weighted by Crippen LogP contribution is 2.21. The van der Waals surface area contributed by atoms with Gasteiger partial charge in [-0.2, -0.15) is 4.40 Å². The summed E-state index contributed by atoms with van der Waals surface area (Å²) >= 11 is 0. The molecule has 0 unspecified atom stereocenters. The summed E-state index contributed by atoms with van der Waals surface area (Å²) in [5.41, 5.74) is 3.79. The lowest BCUT2D eigenvalue weighted by Crippen LogP contribution is -2.28. The van der Waals surface area contributed by atoms with Crippen LogP contribution >= 0.6 is 0 Å². The van der Waals surface area contributed by atoms with Crippen molar-refractivity contribution in [2.45, 2.75) is 6.92 Å². The van der Waals surface area contributed by atoms with Crippen molar-refractivity contribution in [3.8, 4) is 11.4 Å². The smallest absolute Gasteiger partial charge is 0.232 e. The van der Waals surface area contributed by atoms with Crippen LogP contribution in [-0.4, -0.2) is 4.40 Å². The van der Waals surface area contributed by atoms with E-state index < -0.39 is 0 Å². The van der Waals surface area contributed by atoms with Gasteiger partial charge in [-0.15, -0.1) is 0 Å². The Balaban J connectivity index is 2.38. The second kappa shape index (κ2) is 3.74. The Labute approximate surface area is 101 Å². The van der Waals surface area contributed by atoms with Crippen LogP contribution in [0, 0.1) is 6.92 Å². The molecule has 2 nitrogen and oxygen atoms in total. The van der Waals surface area contributed by atoms with Crippen molar-refractivity contribution in [3.63, 3.8) is 0 Å². The van der Waals surface area contributed by atoms with Crippen LogP contribution in [0.15, 0.2) is 54.9 Å². The molecule has 17 heavy (non-hydrogen) atoms. The van der Waals surface area contributed by atoms with Crippen LogP contribution in [0.4, 0.5) is 0 Å². The minimum absolute atomic E-state index is 1.22. The number of nitrogens with zero attached hydrogens (tertiary/aromatic N) is 2. The first kappa shape index (κ1) is 10.1. The third kappa shape index (κ3) is 1.53. The second-order valence-corrected chi connectivity index (χ2v) is 4.37. The van der Waals surface area contributed by atoms with E-state index in [2.05, 4.69) is 77.8 Å². The molecule has 0 amide bonds. The summed E-state index contributed by atoms with van der Waals surface area (Å²) in [6.45, 7) is 2.15. The maximum absolute atomic E-state index is 2.22. The van der Waals surface area contributed by atoms with Crippen LogP contribution in [0.1, 0.15) is 5.56 Å². The molecule has 1 aromatic carbocycles. The summed E-state index contributed by atoms with van der Waals surface area (Å²) in [5, 5.41) is 0. The molecular formula is C15H15N2+.